The first-order chi connectivity index (χ1) is 6.77. The molecule has 0 heterocycles. The third-order valence-electron chi connectivity index (χ3n) is 2.41. The molecule has 0 bridgehead atoms. The first kappa shape index (κ1) is 13.6. The van der Waals surface area contributed by atoms with Crippen LogP contribution in [0.3, 0.4) is 0 Å². The highest BCUT2D eigenvalue weighted by Gasteiger charge is 2.19. The van der Waals surface area contributed by atoms with E-state index in [2.05, 4.69) is 0 Å². The van der Waals surface area contributed by atoms with Crippen molar-refractivity contribution in [2.75, 3.05) is 14.1 Å². The van der Waals surface area contributed by atoms with Crippen LogP contribution in [0.25, 0.3) is 0 Å². The van der Waals surface area contributed by atoms with E-state index in [1.165, 1.54) is 6.92 Å². The number of aliphatic carboxylic acids is 2. The van der Waals surface area contributed by atoms with Gasteiger partial charge in [0.05, 0.1) is 0 Å². The maximum absolute atomic E-state index is 10.9. The maximum atomic E-state index is 10.9. The molecule has 1 unspecified atom stereocenters. The number of hydrogen-bond acceptors (Lipinski definition) is 3. The van der Waals surface area contributed by atoms with Gasteiger partial charge in [0.15, 0.2) is 0 Å². The van der Waals surface area contributed by atoms with Crippen molar-refractivity contribution < 1.29 is 19.8 Å². The summed E-state index contributed by atoms with van der Waals surface area (Å²) in [5, 5.41) is 17.6. The van der Waals surface area contributed by atoms with Gasteiger partial charge < -0.3 is 15.1 Å². The van der Waals surface area contributed by atoms with Crippen molar-refractivity contribution in [1.82, 2.24) is 4.90 Å². The Bertz CT molecular complexity index is 294. The molecule has 0 fully saturated rings. The minimum atomic E-state index is -1.18. The minimum absolute atomic E-state index is 0.00889. The highest BCUT2D eigenvalue weighted by molar-refractivity contribution is 5.98. The van der Waals surface area contributed by atoms with Crippen molar-refractivity contribution in [2.24, 2.45) is 0 Å². The highest BCUT2D eigenvalue weighted by Crippen LogP contribution is 2.14. The maximum Gasteiger partial charge on any atom is 0.332 e. The third kappa shape index (κ3) is 4.12. The van der Waals surface area contributed by atoms with Gasteiger partial charge >= 0.3 is 11.9 Å². The van der Waals surface area contributed by atoms with Crippen LogP contribution in [0.2, 0.25) is 0 Å². The molecule has 5 nitrogen and oxygen atoms in total. The fourth-order valence-corrected chi connectivity index (χ4v) is 1.01. The molecule has 0 spiro atoms. The van der Waals surface area contributed by atoms with E-state index in [1.54, 1.807) is 0 Å². The van der Waals surface area contributed by atoms with Crippen LogP contribution in [0.5, 0.6) is 0 Å². The van der Waals surface area contributed by atoms with Gasteiger partial charge in [-0.25, -0.2) is 9.59 Å². The van der Waals surface area contributed by atoms with Crippen molar-refractivity contribution in [1.29, 1.82) is 0 Å². The topological polar surface area (TPSA) is 77.8 Å². The predicted octanol–water partition coefficient (Wildman–Crippen LogP) is 0.812. The van der Waals surface area contributed by atoms with Crippen LogP contribution in [0, 0.1) is 0 Å². The van der Waals surface area contributed by atoms with Gasteiger partial charge in [0.25, 0.3) is 0 Å². The number of carbonyl (C=O) groups is 2. The summed E-state index contributed by atoms with van der Waals surface area (Å²) in [4.78, 5) is 23.4. The SMILES string of the molecule is C/C(C(=O)O)=C(/CC(C)N(C)C)C(=O)O. The summed E-state index contributed by atoms with van der Waals surface area (Å²) in [6.07, 6.45) is 0.223. The van der Waals surface area contributed by atoms with Crippen molar-refractivity contribution in [2.45, 2.75) is 26.3 Å². The molecule has 0 radical (unpaired) electrons. The van der Waals surface area contributed by atoms with E-state index in [-0.39, 0.29) is 23.6 Å². The summed E-state index contributed by atoms with van der Waals surface area (Å²) in [6.45, 7) is 3.16. The molecule has 2 N–H and O–H groups in total. The highest BCUT2D eigenvalue weighted by atomic mass is 16.4. The summed E-state index contributed by atoms with van der Waals surface area (Å²) >= 11 is 0. The first-order valence-electron chi connectivity index (χ1n) is 4.60. The first-order valence-corrected chi connectivity index (χ1v) is 4.60. The molecule has 0 saturated heterocycles. The van der Waals surface area contributed by atoms with Gasteiger partial charge in [0.1, 0.15) is 0 Å². The molecule has 0 aromatic heterocycles. The normalized spacial score (nSPS) is 14.7. The number of carboxylic acids is 2. The molecule has 0 aliphatic heterocycles. The van der Waals surface area contributed by atoms with Gasteiger partial charge in [-0.15, -0.1) is 0 Å². The zero-order valence-corrected chi connectivity index (χ0v) is 9.44. The third-order valence-corrected chi connectivity index (χ3v) is 2.41. The number of hydrogen-bond donors (Lipinski definition) is 2. The van der Waals surface area contributed by atoms with Crippen molar-refractivity contribution in [3.63, 3.8) is 0 Å². The Labute approximate surface area is 89.0 Å². The summed E-state index contributed by atoms with van der Waals surface area (Å²) < 4.78 is 0. The molecule has 86 valence electrons. The summed E-state index contributed by atoms with van der Waals surface area (Å²) in [7, 11) is 3.64. The fourth-order valence-electron chi connectivity index (χ4n) is 1.01. The Morgan fingerprint density at radius 2 is 1.67 bits per heavy atom. The molecule has 0 rings (SSSR count). The Morgan fingerprint density at radius 1 is 1.20 bits per heavy atom. The van der Waals surface area contributed by atoms with E-state index in [0.717, 1.165) is 0 Å². The molecule has 0 amide bonds. The van der Waals surface area contributed by atoms with Gasteiger partial charge in [-0.05, 0) is 34.4 Å². The second-order valence-corrected chi connectivity index (χ2v) is 3.73. The molecule has 15 heavy (non-hydrogen) atoms. The molecule has 0 saturated carbocycles. The molecule has 0 aromatic carbocycles. The van der Waals surface area contributed by atoms with Gasteiger partial charge in [0.2, 0.25) is 0 Å². The molecule has 0 aliphatic carbocycles. The molecule has 5 heteroatoms. The summed E-state index contributed by atoms with van der Waals surface area (Å²) in [6, 6.07) is -0.00889. The number of rotatable bonds is 5. The Kier molecular flexibility index (Phi) is 5.00. The number of carboxylic acid groups (broad SMARTS) is 2. The average Bonchev–Trinajstić information content (AvgIpc) is 2.11. The lowest BCUT2D eigenvalue weighted by Gasteiger charge is -2.20. The Morgan fingerprint density at radius 3 is 1.93 bits per heavy atom. The van der Waals surface area contributed by atoms with Gasteiger partial charge in [-0.1, -0.05) is 0 Å². The smallest absolute Gasteiger partial charge is 0.332 e. The Balaban J connectivity index is 4.93. The largest absolute Gasteiger partial charge is 0.478 e. The minimum Gasteiger partial charge on any atom is -0.478 e. The standard InChI is InChI=1S/C10H17NO4/c1-6(11(3)4)5-8(10(14)15)7(2)9(12)13/h6H,5H2,1-4H3,(H,12,13)(H,14,15)/b8-7+. The van der Waals surface area contributed by atoms with Crippen molar-refractivity contribution in [3.8, 4) is 0 Å². The van der Waals surface area contributed by atoms with E-state index in [0.29, 0.717) is 0 Å². The van der Waals surface area contributed by atoms with Gasteiger partial charge in [-0.2, -0.15) is 0 Å². The Hall–Kier alpha value is -1.36. The monoisotopic (exact) mass is 215 g/mol. The number of nitrogens with zero attached hydrogens (tertiary/aromatic N) is 1. The van der Waals surface area contributed by atoms with Crippen LogP contribution < -0.4 is 0 Å². The van der Waals surface area contributed by atoms with Crippen LogP contribution >= 0.6 is 0 Å². The van der Waals surface area contributed by atoms with Crippen molar-refractivity contribution in [3.05, 3.63) is 11.1 Å². The van der Waals surface area contributed by atoms with E-state index in [9.17, 15) is 9.59 Å². The molecule has 0 aliphatic rings. The molecular weight excluding hydrogens is 198 g/mol. The van der Waals surface area contributed by atoms with Crippen LogP contribution in [0.4, 0.5) is 0 Å². The van der Waals surface area contributed by atoms with Crippen molar-refractivity contribution >= 4 is 11.9 Å². The van der Waals surface area contributed by atoms with E-state index < -0.39 is 11.9 Å². The van der Waals surface area contributed by atoms with E-state index in [1.807, 2.05) is 25.9 Å². The van der Waals surface area contributed by atoms with Crippen LogP contribution in [0.1, 0.15) is 20.3 Å². The van der Waals surface area contributed by atoms with Gasteiger partial charge in [-0.3, -0.25) is 0 Å². The summed E-state index contributed by atoms with van der Waals surface area (Å²) in [5.41, 5.74) is -0.139. The van der Waals surface area contributed by atoms with Crippen LogP contribution in [-0.4, -0.2) is 47.2 Å². The zero-order chi connectivity index (χ0) is 12.2. The molecular formula is C10H17NO4. The lowest BCUT2D eigenvalue weighted by Crippen LogP contribution is -2.27. The summed E-state index contributed by atoms with van der Waals surface area (Å²) in [5.74, 6) is -2.35. The molecule has 1 atom stereocenters. The lowest BCUT2D eigenvalue weighted by atomic mass is 10.0. The predicted molar refractivity (Wildman–Crippen MR) is 55.7 cm³/mol. The fraction of sp³-hybridized carbons (Fsp3) is 0.600. The molecule has 0 aromatic rings. The second-order valence-electron chi connectivity index (χ2n) is 3.73. The quantitative estimate of drug-likeness (QED) is 0.664. The van der Waals surface area contributed by atoms with E-state index >= 15 is 0 Å². The second kappa shape index (κ2) is 5.50. The van der Waals surface area contributed by atoms with Crippen LogP contribution in [-0.2, 0) is 9.59 Å². The van der Waals surface area contributed by atoms with Crippen LogP contribution in [0.15, 0.2) is 11.1 Å². The lowest BCUT2D eigenvalue weighted by molar-refractivity contribution is -0.136. The average molecular weight is 215 g/mol. The van der Waals surface area contributed by atoms with E-state index in [4.69, 9.17) is 10.2 Å². The zero-order valence-electron chi connectivity index (χ0n) is 9.44. The van der Waals surface area contributed by atoms with Gasteiger partial charge in [0, 0.05) is 17.2 Å².